The number of halogens is 1. The van der Waals surface area contributed by atoms with Crippen LogP contribution in [0.4, 0.5) is 0 Å². The van der Waals surface area contributed by atoms with Crippen LogP contribution in [0.2, 0.25) is 5.02 Å². The number of carbonyl (C=O) groups is 2. The normalized spacial score (nSPS) is 15.3. The van der Waals surface area contributed by atoms with E-state index < -0.39 is 0 Å². The average Bonchev–Trinajstić information content (AvgIpc) is 3.11. The van der Waals surface area contributed by atoms with E-state index in [1.165, 1.54) is 0 Å². The Balaban J connectivity index is 1.69. The number of nitrogens with zero attached hydrogens (tertiary/aromatic N) is 2. The van der Waals surface area contributed by atoms with Gasteiger partial charge in [0.1, 0.15) is 5.69 Å². The van der Waals surface area contributed by atoms with Crippen molar-refractivity contribution in [1.29, 1.82) is 0 Å². The van der Waals surface area contributed by atoms with Crippen LogP contribution in [-0.4, -0.2) is 47.0 Å². The molecule has 3 rings (SSSR count). The summed E-state index contributed by atoms with van der Waals surface area (Å²) in [6.45, 7) is 1.13. The van der Waals surface area contributed by atoms with Crippen molar-refractivity contribution in [3.05, 3.63) is 41.0 Å². The standard InChI is InChI=1S/C17H19ClN4O2/c1-19-16(23)11-6-8-22(9-7-11)17(24)15-10-14(20-21-15)12-4-2-3-5-13(12)18/h2-5,10-11H,6-9H2,1H3,(H,19,23)(H,20,21). The number of nitrogens with one attached hydrogen (secondary N) is 2. The molecule has 0 saturated carbocycles. The van der Waals surface area contributed by atoms with Gasteiger partial charge in [0.25, 0.3) is 5.91 Å². The van der Waals surface area contributed by atoms with Crippen molar-refractivity contribution in [3.63, 3.8) is 0 Å². The van der Waals surface area contributed by atoms with E-state index in [9.17, 15) is 9.59 Å². The Bertz CT molecular complexity index is 751. The number of likely N-dealkylation sites (tertiary alicyclic amines) is 1. The highest BCUT2D eigenvalue weighted by atomic mass is 35.5. The molecule has 0 bridgehead atoms. The fourth-order valence-electron chi connectivity index (χ4n) is 2.96. The van der Waals surface area contributed by atoms with Gasteiger partial charge in [-0.05, 0) is 25.0 Å². The van der Waals surface area contributed by atoms with Gasteiger partial charge in [0.05, 0.1) is 10.7 Å². The van der Waals surface area contributed by atoms with Gasteiger partial charge in [-0.25, -0.2) is 0 Å². The van der Waals surface area contributed by atoms with Crippen LogP contribution in [0, 0.1) is 5.92 Å². The third kappa shape index (κ3) is 3.28. The lowest BCUT2D eigenvalue weighted by Crippen LogP contribution is -2.42. The van der Waals surface area contributed by atoms with Crippen LogP contribution in [0.1, 0.15) is 23.3 Å². The molecule has 1 aromatic carbocycles. The van der Waals surface area contributed by atoms with Crippen LogP contribution >= 0.6 is 11.6 Å². The first-order valence-corrected chi connectivity index (χ1v) is 8.29. The molecule has 2 N–H and O–H groups in total. The summed E-state index contributed by atoms with van der Waals surface area (Å²) in [5, 5.41) is 10.3. The SMILES string of the molecule is CNC(=O)C1CCN(C(=O)c2cc(-c3ccccc3Cl)n[nH]2)CC1. The van der Waals surface area contributed by atoms with Crippen molar-refractivity contribution in [2.45, 2.75) is 12.8 Å². The minimum absolute atomic E-state index is 0.0143. The van der Waals surface area contributed by atoms with E-state index in [1.54, 1.807) is 24.1 Å². The van der Waals surface area contributed by atoms with E-state index in [4.69, 9.17) is 11.6 Å². The lowest BCUT2D eigenvalue weighted by molar-refractivity contribution is -0.125. The molecule has 0 aliphatic carbocycles. The third-order valence-electron chi connectivity index (χ3n) is 4.36. The molecule has 2 heterocycles. The van der Waals surface area contributed by atoms with Crippen molar-refractivity contribution in [3.8, 4) is 11.3 Å². The summed E-state index contributed by atoms with van der Waals surface area (Å²) < 4.78 is 0. The zero-order valence-electron chi connectivity index (χ0n) is 13.4. The largest absolute Gasteiger partial charge is 0.359 e. The minimum atomic E-state index is -0.101. The fraction of sp³-hybridized carbons (Fsp3) is 0.353. The zero-order chi connectivity index (χ0) is 17.1. The van der Waals surface area contributed by atoms with E-state index in [0.717, 1.165) is 5.56 Å². The van der Waals surface area contributed by atoms with Gasteiger partial charge in [-0.2, -0.15) is 5.10 Å². The van der Waals surface area contributed by atoms with Gasteiger partial charge in [-0.3, -0.25) is 14.7 Å². The lowest BCUT2D eigenvalue weighted by Gasteiger charge is -2.30. The zero-order valence-corrected chi connectivity index (χ0v) is 14.1. The average molecular weight is 347 g/mol. The summed E-state index contributed by atoms with van der Waals surface area (Å²) in [6, 6.07) is 9.09. The molecule has 6 nitrogen and oxygen atoms in total. The van der Waals surface area contributed by atoms with Crippen molar-refractivity contribution in [1.82, 2.24) is 20.4 Å². The summed E-state index contributed by atoms with van der Waals surface area (Å²) in [5.41, 5.74) is 1.86. The maximum Gasteiger partial charge on any atom is 0.271 e. The van der Waals surface area contributed by atoms with E-state index in [-0.39, 0.29) is 17.7 Å². The molecule has 0 spiro atoms. The van der Waals surface area contributed by atoms with Crippen LogP contribution in [0.25, 0.3) is 11.3 Å². The number of hydrogen-bond acceptors (Lipinski definition) is 3. The molecule has 1 saturated heterocycles. The molecule has 1 fully saturated rings. The fourth-order valence-corrected chi connectivity index (χ4v) is 3.19. The number of amides is 2. The van der Waals surface area contributed by atoms with Crippen molar-refractivity contribution in [2.75, 3.05) is 20.1 Å². The van der Waals surface area contributed by atoms with Gasteiger partial charge >= 0.3 is 0 Å². The van der Waals surface area contributed by atoms with Gasteiger partial charge in [-0.1, -0.05) is 29.8 Å². The van der Waals surface area contributed by atoms with E-state index in [1.807, 2.05) is 18.2 Å². The number of piperidine rings is 1. The molecule has 24 heavy (non-hydrogen) atoms. The van der Waals surface area contributed by atoms with Gasteiger partial charge in [-0.15, -0.1) is 0 Å². The van der Waals surface area contributed by atoms with Gasteiger partial charge in [0.2, 0.25) is 5.91 Å². The second kappa shape index (κ2) is 7.05. The maximum atomic E-state index is 12.6. The van der Waals surface area contributed by atoms with Crippen LogP contribution in [0.3, 0.4) is 0 Å². The van der Waals surface area contributed by atoms with E-state index >= 15 is 0 Å². The topological polar surface area (TPSA) is 78.1 Å². The monoisotopic (exact) mass is 346 g/mol. The Labute approximate surface area is 145 Å². The molecular weight excluding hydrogens is 328 g/mol. The first-order chi connectivity index (χ1) is 11.6. The molecular formula is C17H19ClN4O2. The predicted molar refractivity (Wildman–Crippen MR) is 91.7 cm³/mol. The van der Waals surface area contributed by atoms with Crippen LogP contribution in [0.15, 0.2) is 30.3 Å². The van der Waals surface area contributed by atoms with Crippen LogP contribution in [0.5, 0.6) is 0 Å². The van der Waals surface area contributed by atoms with Gasteiger partial charge in [0.15, 0.2) is 0 Å². The molecule has 2 amide bonds. The van der Waals surface area contributed by atoms with Crippen molar-refractivity contribution in [2.24, 2.45) is 5.92 Å². The molecule has 0 atom stereocenters. The molecule has 0 unspecified atom stereocenters. The summed E-state index contributed by atoms with van der Waals surface area (Å²) in [5.74, 6) is -0.0692. The smallest absolute Gasteiger partial charge is 0.271 e. The number of aromatic nitrogens is 2. The summed E-state index contributed by atoms with van der Waals surface area (Å²) in [4.78, 5) is 26.0. The highest BCUT2D eigenvalue weighted by molar-refractivity contribution is 6.33. The number of aromatic amines is 1. The highest BCUT2D eigenvalue weighted by Crippen LogP contribution is 2.27. The molecule has 2 aromatic rings. The number of hydrogen-bond donors (Lipinski definition) is 2. The molecule has 7 heteroatoms. The molecule has 1 aromatic heterocycles. The Morgan fingerprint density at radius 1 is 1.29 bits per heavy atom. The van der Waals surface area contributed by atoms with E-state index in [0.29, 0.717) is 42.3 Å². The maximum absolute atomic E-state index is 12.6. The molecule has 1 aliphatic heterocycles. The number of benzene rings is 1. The minimum Gasteiger partial charge on any atom is -0.359 e. The van der Waals surface area contributed by atoms with Gasteiger partial charge < -0.3 is 10.2 Å². The lowest BCUT2D eigenvalue weighted by atomic mass is 9.96. The Morgan fingerprint density at radius 3 is 2.67 bits per heavy atom. The Kier molecular flexibility index (Phi) is 4.85. The summed E-state index contributed by atoms with van der Waals surface area (Å²) >= 11 is 6.17. The molecule has 0 radical (unpaired) electrons. The van der Waals surface area contributed by atoms with E-state index in [2.05, 4.69) is 15.5 Å². The second-order valence-electron chi connectivity index (χ2n) is 5.83. The number of H-pyrrole nitrogens is 1. The van der Waals surface area contributed by atoms with Gasteiger partial charge in [0, 0.05) is 31.6 Å². The molecule has 126 valence electrons. The Morgan fingerprint density at radius 2 is 2.00 bits per heavy atom. The third-order valence-corrected chi connectivity index (χ3v) is 4.69. The quantitative estimate of drug-likeness (QED) is 0.895. The first-order valence-electron chi connectivity index (χ1n) is 7.91. The highest BCUT2D eigenvalue weighted by Gasteiger charge is 2.28. The number of carbonyl (C=O) groups excluding carboxylic acids is 2. The summed E-state index contributed by atoms with van der Waals surface area (Å²) in [6.07, 6.45) is 1.36. The second-order valence-corrected chi connectivity index (χ2v) is 6.23. The van der Waals surface area contributed by atoms with Crippen LogP contribution in [-0.2, 0) is 4.79 Å². The molecule has 1 aliphatic rings. The first kappa shape index (κ1) is 16.5. The van der Waals surface area contributed by atoms with Crippen molar-refractivity contribution < 1.29 is 9.59 Å². The Hall–Kier alpha value is -2.34. The summed E-state index contributed by atoms with van der Waals surface area (Å²) in [7, 11) is 1.64. The predicted octanol–water partition coefficient (Wildman–Crippen LogP) is 2.33. The van der Waals surface area contributed by atoms with Crippen LogP contribution < -0.4 is 5.32 Å². The number of rotatable bonds is 3. The van der Waals surface area contributed by atoms with Crippen molar-refractivity contribution >= 4 is 23.4 Å².